The number of aryl methyl sites for hydroxylation is 1. The zero-order chi connectivity index (χ0) is 13.5. The minimum absolute atomic E-state index is 0.0113. The predicted octanol–water partition coefficient (Wildman–Crippen LogP) is 2.22. The van der Waals surface area contributed by atoms with Gasteiger partial charge in [-0.2, -0.15) is 5.10 Å². The molecule has 0 spiro atoms. The van der Waals surface area contributed by atoms with E-state index in [-0.39, 0.29) is 17.5 Å². The molecular formula is C14H16N2O2S. The molecule has 19 heavy (non-hydrogen) atoms. The largest absolute Gasteiger partial charge is 0.268 e. The molecule has 0 saturated carbocycles. The Morgan fingerprint density at radius 1 is 1.32 bits per heavy atom. The monoisotopic (exact) mass is 276 g/mol. The highest BCUT2D eigenvalue weighted by atomic mass is 32.2. The van der Waals surface area contributed by atoms with Crippen molar-refractivity contribution in [2.75, 3.05) is 11.5 Å². The van der Waals surface area contributed by atoms with Gasteiger partial charge in [-0.15, -0.1) is 0 Å². The lowest BCUT2D eigenvalue weighted by atomic mass is 10.0. The van der Waals surface area contributed by atoms with Crippen LogP contribution in [-0.2, 0) is 9.84 Å². The molecule has 2 heterocycles. The van der Waals surface area contributed by atoms with Crippen LogP contribution in [0.5, 0.6) is 0 Å². The standard InChI is InChI=1S/C14H16N2O2S/c1-11-4-2-3-5-14(11)12-8-15-16(9-12)13-6-7-19(17,18)10-13/h2-5,8-9,13H,6-7,10H2,1H3. The molecule has 0 bridgehead atoms. The molecular weight excluding hydrogens is 260 g/mol. The summed E-state index contributed by atoms with van der Waals surface area (Å²) in [6.45, 7) is 2.06. The Balaban J connectivity index is 1.91. The average molecular weight is 276 g/mol. The first-order chi connectivity index (χ1) is 9.05. The summed E-state index contributed by atoms with van der Waals surface area (Å²) in [5.74, 6) is 0.485. The molecule has 1 atom stereocenters. The molecule has 1 fully saturated rings. The summed E-state index contributed by atoms with van der Waals surface area (Å²) in [5, 5.41) is 4.33. The van der Waals surface area contributed by atoms with Gasteiger partial charge in [-0.1, -0.05) is 24.3 Å². The third-order valence-corrected chi connectivity index (χ3v) is 5.39. The van der Waals surface area contributed by atoms with Crippen LogP contribution in [-0.4, -0.2) is 29.7 Å². The summed E-state index contributed by atoms with van der Waals surface area (Å²) < 4.78 is 24.8. The first-order valence-electron chi connectivity index (χ1n) is 6.36. The van der Waals surface area contributed by atoms with Crippen molar-refractivity contribution < 1.29 is 8.42 Å². The van der Waals surface area contributed by atoms with Gasteiger partial charge in [-0.25, -0.2) is 8.42 Å². The Bertz CT molecular complexity index is 704. The Morgan fingerprint density at radius 3 is 2.79 bits per heavy atom. The van der Waals surface area contributed by atoms with Gasteiger partial charge in [0.15, 0.2) is 9.84 Å². The molecule has 1 aliphatic rings. The van der Waals surface area contributed by atoms with E-state index in [9.17, 15) is 8.42 Å². The number of aromatic nitrogens is 2. The van der Waals surface area contributed by atoms with Gasteiger partial charge in [-0.3, -0.25) is 4.68 Å². The van der Waals surface area contributed by atoms with E-state index in [0.717, 1.165) is 11.1 Å². The second-order valence-corrected chi connectivity index (χ2v) is 7.31. The van der Waals surface area contributed by atoms with Crippen molar-refractivity contribution in [2.24, 2.45) is 0 Å². The Kier molecular flexibility index (Phi) is 2.93. The van der Waals surface area contributed by atoms with E-state index in [1.165, 1.54) is 5.56 Å². The minimum atomic E-state index is -2.87. The smallest absolute Gasteiger partial charge is 0.152 e. The van der Waals surface area contributed by atoms with E-state index in [2.05, 4.69) is 24.2 Å². The van der Waals surface area contributed by atoms with E-state index in [0.29, 0.717) is 6.42 Å². The van der Waals surface area contributed by atoms with E-state index in [4.69, 9.17) is 0 Å². The summed E-state index contributed by atoms with van der Waals surface area (Å²) in [5.41, 5.74) is 3.39. The Hall–Kier alpha value is -1.62. The molecule has 1 saturated heterocycles. The van der Waals surface area contributed by atoms with Crippen LogP contribution in [0.1, 0.15) is 18.0 Å². The average Bonchev–Trinajstić information content (AvgIpc) is 2.96. The lowest BCUT2D eigenvalue weighted by Gasteiger charge is -2.07. The molecule has 1 aromatic heterocycles. The molecule has 3 rings (SSSR count). The van der Waals surface area contributed by atoms with Crippen LogP contribution in [0.25, 0.3) is 11.1 Å². The van der Waals surface area contributed by atoms with Gasteiger partial charge in [0.25, 0.3) is 0 Å². The fourth-order valence-electron chi connectivity index (χ4n) is 2.56. The van der Waals surface area contributed by atoms with Gasteiger partial charge in [0.2, 0.25) is 0 Å². The number of sulfone groups is 1. The SMILES string of the molecule is Cc1ccccc1-c1cnn(C2CCS(=O)(=O)C2)c1. The molecule has 0 aliphatic carbocycles. The number of hydrogen-bond donors (Lipinski definition) is 0. The molecule has 100 valence electrons. The second kappa shape index (κ2) is 4.49. The summed E-state index contributed by atoms with van der Waals surface area (Å²) in [6, 6.07) is 8.11. The maximum atomic E-state index is 11.5. The zero-order valence-electron chi connectivity index (χ0n) is 10.8. The van der Waals surface area contributed by atoms with E-state index in [1.54, 1.807) is 4.68 Å². The summed E-state index contributed by atoms with van der Waals surface area (Å²) in [7, 11) is -2.87. The Labute approximate surface area is 113 Å². The maximum absolute atomic E-state index is 11.5. The van der Waals surface area contributed by atoms with Crippen molar-refractivity contribution in [1.29, 1.82) is 0 Å². The van der Waals surface area contributed by atoms with Gasteiger partial charge in [0.05, 0.1) is 23.7 Å². The van der Waals surface area contributed by atoms with Crippen LogP contribution < -0.4 is 0 Å². The highest BCUT2D eigenvalue weighted by Gasteiger charge is 2.29. The van der Waals surface area contributed by atoms with Gasteiger partial charge in [-0.05, 0) is 24.5 Å². The van der Waals surface area contributed by atoms with Crippen LogP contribution in [0, 0.1) is 6.92 Å². The quantitative estimate of drug-likeness (QED) is 0.845. The van der Waals surface area contributed by atoms with Crippen LogP contribution in [0.3, 0.4) is 0 Å². The predicted molar refractivity (Wildman–Crippen MR) is 74.7 cm³/mol. The van der Waals surface area contributed by atoms with Gasteiger partial charge in [0, 0.05) is 11.8 Å². The third kappa shape index (κ3) is 2.42. The fraction of sp³-hybridized carbons (Fsp3) is 0.357. The van der Waals surface area contributed by atoms with Crippen LogP contribution in [0.4, 0.5) is 0 Å². The molecule has 4 nitrogen and oxygen atoms in total. The van der Waals surface area contributed by atoms with Crippen LogP contribution in [0.15, 0.2) is 36.7 Å². The fourth-order valence-corrected chi connectivity index (χ4v) is 4.26. The number of rotatable bonds is 2. The maximum Gasteiger partial charge on any atom is 0.152 e. The van der Waals surface area contributed by atoms with Crippen molar-refractivity contribution in [3.8, 4) is 11.1 Å². The lowest BCUT2D eigenvalue weighted by Crippen LogP contribution is -2.11. The third-order valence-electron chi connectivity index (χ3n) is 3.64. The summed E-state index contributed by atoms with van der Waals surface area (Å²) in [6.07, 6.45) is 4.43. The lowest BCUT2D eigenvalue weighted by molar-refractivity contribution is 0.500. The Morgan fingerprint density at radius 2 is 2.11 bits per heavy atom. The summed E-state index contributed by atoms with van der Waals surface area (Å²) >= 11 is 0. The van der Waals surface area contributed by atoms with Crippen molar-refractivity contribution >= 4 is 9.84 Å². The highest BCUT2D eigenvalue weighted by molar-refractivity contribution is 7.91. The first kappa shape index (κ1) is 12.4. The first-order valence-corrected chi connectivity index (χ1v) is 8.18. The van der Waals surface area contributed by atoms with E-state index < -0.39 is 9.84 Å². The molecule has 1 aliphatic heterocycles. The van der Waals surface area contributed by atoms with Gasteiger partial charge in [0.1, 0.15) is 0 Å². The van der Waals surface area contributed by atoms with E-state index in [1.807, 2.05) is 24.5 Å². The highest BCUT2D eigenvalue weighted by Crippen LogP contribution is 2.27. The van der Waals surface area contributed by atoms with E-state index >= 15 is 0 Å². The van der Waals surface area contributed by atoms with Gasteiger partial charge >= 0.3 is 0 Å². The number of hydrogen-bond acceptors (Lipinski definition) is 3. The molecule has 1 aromatic carbocycles. The summed E-state index contributed by atoms with van der Waals surface area (Å²) in [4.78, 5) is 0. The normalized spacial score (nSPS) is 21.6. The zero-order valence-corrected chi connectivity index (χ0v) is 11.6. The van der Waals surface area contributed by atoms with Crippen LogP contribution in [0.2, 0.25) is 0 Å². The molecule has 0 N–H and O–H groups in total. The van der Waals surface area contributed by atoms with Crippen molar-refractivity contribution in [3.05, 3.63) is 42.2 Å². The van der Waals surface area contributed by atoms with Crippen molar-refractivity contribution in [2.45, 2.75) is 19.4 Å². The van der Waals surface area contributed by atoms with Gasteiger partial charge < -0.3 is 0 Å². The molecule has 2 aromatic rings. The van der Waals surface area contributed by atoms with Crippen molar-refractivity contribution in [1.82, 2.24) is 9.78 Å². The van der Waals surface area contributed by atoms with Crippen LogP contribution >= 0.6 is 0 Å². The van der Waals surface area contributed by atoms with Crippen molar-refractivity contribution in [3.63, 3.8) is 0 Å². The second-order valence-electron chi connectivity index (χ2n) is 5.08. The molecule has 5 heteroatoms. The number of benzene rings is 1. The number of nitrogens with zero attached hydrogens (tertiary/aromatic N) is 2. The molecule has 1 unspecified atom stereocenters. The minimum Gasteiger partial charge on any atom is -0.268 e. The molecule has 0 amide bonds. The topological polar surface area (TPSA) is 52.0 Å². The molecule has 0 radical (unpaired) electrons.